The van der Waals surface area contributed by atoms with Crippen LogP contribution in [0.15, 0.2) is 34.9 Å². The van der Waals surface area contributed by atoms with Crippen LogP contribution in [-0.2, 0) is 20.1 Å². The van der Waals surface area contributed by atoms with Crippen molar-refractivity contribution in [3.63, 3.8) is 0 Å². The lowest BCUT2D eigenvalue weighted by atomic mass is 10.1. The Balaban J connectivity index is 2.12. The van der Waals surface area contributed by atoms with E-state index in [1.165, 1.54) is 0 Å². The van der Waals surface area contributed by atoms with Crippen molar-refractivity contribution in [2.75, 3.05) is 6.54 Å². The van der Waals surface area contributed by atoms with Crippen LogP contribution in [0.4, 0.5) is 0 Å². The molecule has 0 aliphatic carbocycles. The maximum atomic E-state index is 5.84. The summed E-state index contributed by atoms with van der Waals surface area (Å²) in [7, 11) is 1.89. The molecule has 0 saturated heterocycles. The molecule has 5 heteroatoms. The minimum absolute atomic E-state index is 0.459. The lowest BCUT2D eigenvalue weighted by molar-refractivity contribution is 0.295. The number of rotatable bonds is 5. The van der Waals surface area contributed by atoms with Crippen LogP contribution in [0.5, 0.6) is 5.75 Å². The molecule has 0 aliphatic heterocycles. The summed E-state index contributed by atoms with van der Waals surface area (Å²) in [6.07, 6.45) is 2.70. The molecule has 0 bridgehead atoms. The largest absolute Gasteiger partial charge is 0.486 e. The van der Waals surface area contributed by atoms with Crippen LogP contribution in [0.2, 0.25) is 0 Å². The number of nitrogens with zero attached hydrogens (tertiary/aromatic N) is 2. The molecule has 2 rings (SSSR count). The molecule has 0 spiro atoms. The van der Waals surface area contributed by atoms with Gasteiger partial charge < -0.3 is 10.5 Å². The highest BCUT2D eigenvalue weighted by Gasteiger charge is 2.08. The number of hydrogen-bond acceptors (Lipinski definition) is 3. The topological polar surface area (TPSA) is 53.1 Å². The van der Waals surface area contributed by atoms with Crippen molar-refractivity contribution in [3.05, 3.63) is 46.2 Å². The summed E-state index contributed by atoms with van der Waals surface area (Å²) in [5.41, 5.74) is 7.63. The highest BCUT2D eigenvalue weighted by molar-refractivity contribution is 9.10. The van der Waals surface area contributed by atoms with E-state index < -0.39 is 0 Å². The zero-order chi connectivity index (χ0) is 13.0. The molecule has 1 aromatic heterocycles. The van der Waals surface area contributed by atoms with Crippen molar-refractivity contribution in [2.45, 2.75) is 13.0 Å². The van der Waals surface area contributed by atoms with E-state index in [9.17, 15) is 0 Å². The molecule has 4 nitrogen and oxygen atoms in total. The molecule has 1 aromatic carbocycles. The van der Waals surface area contributed by atoms with Crippen LogP contribution in [0.25, 0.3) is 0 Å². The standard InChI is InChI=1S/C13H16BrN3O/c1-17-8-6-11(16-17)9-18-13-10(5-7-15)3-2-4-12(13)14/h2-4,6,8H,5,7,9,15H2,1H3. The molecule has 0 amide bonds. The van der Waals surface area contributed by atoms with Gasteiger partial charge in [-0.05, 0) is 46.6 Å². The molecule has 1 heterocycles. The normalized spacial score (nSPS) is 10.6. The first-order chi connectivity index (χ1) is 8.70. The highest BCUT2D eigenvalue weighted by atomic mass is 79.9. The van der Waals surface area contributed by atoms with Crippen LogP contribution in [-0.4, -0.2) is 16.3 Å². The lowest BCUT2D eigenvalue weighted by Gasteiger charge is -2.11. The molecule has 0 unspecified atom stereocenters. The van der Waals surface area contributed by atoms with Gasteiger partial charge in [-0.15, -0.1) is 0 Å². The molecule has 0 saturated carbocycles. The van der Waals surface area contributed by atoms with Gasteiger partial charge in [0.15, 0.2) is 0 Å². The fourth-order valence-corrected chi connectivity index (χ4v) is 2.28. The first-order valence-corrected chi connectivity index (χ1v) is 6.59. The van der Waals surface area contributed by atoms with Crippen LogP contribution in [0, 0.1) is 0 Å². The van der Waals surface area contributed by atoms with E-state index in [1.54, 1.807) is 4.68 Å². The molecule has 0 fully saturated rings. The smallest absolute Gasteiger partial charge is 0.137 e. The maximum absolute atomic E-state index is 5.84. The number of hydrogen-bond donors (Lipinski definition) is 1. The highest BCUT2D eigenvalue weighted by Crippen LogP contribution is 2.29. The van der Waals surface area contributed by atoms with E-state index in [0.29, 0.717) is 13.2 Å². The summed E-state index contributed by atoms with van der Waals surface area (Å²) < 4.78 is 8.55. The summed E-state index contributed by atoms with van der Waals surface area (Å²) in [5, 5.41) is 4.28. The molecular formula is C13H16BrN3O. The fourth-order valence-electron chi connectivity index (χ4n) is 1.75. The van der Waals surface area contributed by atoms with Gasteiger partial charge in [0.25, 0.3) is 0 Å². The van der Waals surface area contributed by atoms with Crippen LogP contribution in [0.3, 0.4) is 0 Å². The Bertz CT molecular complexity index is 525. The molecule has 0 radical (unpaired) electrons. The van der Waals surface area contributed by atoms with Crippen LogP contribution in [0.1, 0.15) is 11.3 Å². The zero-order valence-electron chi connectivity index (χ0n) is 10.3. The summed E-state index contributed by atoms with van der Waals surface area (Å²) in [4.78, 5) is 0. The molecule has 2 aromatic rings. The van der Waals surface area contributed by atoms with Crippen molar-refractivity contribution in [1.82, 2.24) is 9.78 Å². The summed E-state index contributed by atoms with van der Waals surface area (Å²) >= 11 is 3.50. The van der Waals surface area contributed by atoms with Gasteiger partial charge in [-0.2, -0.15) is 5.10 Å². The van der Waals surface area contributed by atoms with Crippen molar-refractivity contribution in [3.8, 4) is 5.75 Å². The van der Waals surface area contributed by atoms with Crippen molar-refractivity contribution in [1.29, 1.82) is 0 Å². The summed E-state index contributed by atoms with van der Waals surface area (Å²) in [6, 6.07) is 7.93. The average molecular weight is 310 g/mol. The number of aryl methyl sites for hydroxylation is 1. The second-order valence-corrected chi connectivity index (χ2v) is 4.89. The van der Waals surface area contributed by atoms with Gasteiger partial charge in [0, 0.05) is 13.2 Å². The van der Waals surface area contributed by atoms with E-state index in [2.05, 4.69) is 21.0 Å². The van der Waals surface area contributed by atoms with Crippen LogP contribution >= 0.6 is 15.9 Å². The van der Waals surface area contributed by atoms with E-state index in [-0.39, 0.29) is 0 Å². The average Bonchev–Trinajstić information content (AvgIpc) is 2.75. The van der Waals surface area contributed by atoms with Gasteiger partial charge in [-0.1, -0.05) is 12.1 Å². The predicted molar refractivity (Wildman–Crippen MR) is 74.4 cm³/mol. The molecule has 2 N–H and O–H groups in total. The van der Waals surface area contributed by atoms with Gasteiger partial charge in [-0.25, -0.2) is 0 Å². The zero-order valence-corrected chi connectivity index (χ0v) is 11.9. The number of nitrogens with two attached hydrogens (primary N) is 1. The molecule has 96 valence electrons. The van der Waals surface area contributed by atoms with Crippen molar-refractivity contribution < 1.29 is 4.74 Å². The first-order valence-electron chi connectivity index (χ1n) is 5.79. The lowest BCUT2D eigenvalue weighted by Crippen LogP contribution is -2.06. The van der Waals surface area contributed by atoms with Crippen molar-refractivity contribution >= 4 is 15.9 Å². The Morgan fingerprint density at radius 3 is 2.89 bits per heavy atom. The van der Waals surface area contributed by atoms with E-state index >= 15 is 0 Å². The number of aromatic nitrogens is 2. The van der Waals surface area contributed by atoms with E-state index in [4.69, 9.17) is 10.5 Å². The Morgan fingerprint density at radius 2 is 2.22 bits per heavy atom. The summed E-state index contributed by atoms with van der Waals surface area (Å²) in [6.45, 7) is 1.07. The summed E-state index contributed by atoms with van der Waals surface area (Å²) in [5.74, 6) is 0.855. The number of para-hydroxylation sites is 1. The molecule has 0 atom stereocenters. The van der Waals surface area contributed by atoms with E-state index in [0.717, 1.165) is 27.9 Å². The molecule has 0 aliphatic rings. The third-order valence-electron chi connectivity index (χ3n) is 2.60. The third-order valence-corrected chi connectivity index (χ3v) is 3.22. The second-order valence-electron chi connectivity index (χ2n) is 4.04. The number of benzene rings is 1. The Morgan fingerprint density at radius 1 is 1.39 bits per heavy atom. The predicted octanol–water partition coefficient (Wildman–Crippen LogP) is 2.26. The Hall–Kier alpha value is -1.33. The monoisotopic (exact) mass is 309 g/mol. The quantitative estimate of drug-likeness (QED) is 0.921. The molecular weight excluding hydrogens is 294 g/mol. The van der Waals surface area contributed by atoms with E-state index in [1.807, 2.05) is 37.5 Å². The van der Waals surface area contributed by atoms with Crippen molar-refractivity contribution in [2.24, 2.45) is 12.8 Å². The number of ether oxygens (including phenoxy) is 1. The van der Waals surface area contributed by atoms with Gasteiger partial charge in [0.1, 0.15) is 12.4 Å². The minimum Gasteiger partial charge on any atom is -0.486 e. The van der Waals surface area contributed by atoms with Gasteiger partial charge in [0.2, 0.25) is 0 Å². The van der Waals surface area contributed by atoms with Crippen LogP contribution < -0.4 is 10.5 Å². The number of halogens is 1. The Labute approximate surface area is 115 Å². The SMILES string of the molecule is Cn1ccc(COc2c(Br)cccc2CCN)n1. The maximum Gasteiger partial charge on any atom is 0.137 e. The molecule has 18 heavy (non-hydrogen) atoms. The van der Waals surface area contributed by atoms with Gasteiger partial charge in [0.05, 0.1) is 10.2 Å². The third kappa shape index (κ3) is 3.11. The van der Waals surface area contributed by atoms with Gasteiger partial charge >= 0.3 is 0 Å². The Kier molecular flexibility index (Phi) is 4.38. The van der Waals surface area contributed by atoms with Gasteiger partial charge in [-0.3, -0.25) is 4.68 Å². The fraction of sp³-hybridized carbons (Fsp3) is 0.308. The second kappa shape index (κ2) is 6.02. The first kappa shape index (κ1) is 13.1. The minimum atomic E-state index is 0.459.